The molecule has 0 aliphatic carbocycles. The van der Waals surface area contributed by atoms with Gasteiger partial charge in [0.1, 0.15) is 11.6 Å². The summed E-state index contributed by atoms with van der Waals surface area (Å²) in [5, 5.41) is 0. The van der Waals surface area contributed by atoms with Gasteiger partial charge in [-0.1, -0.05) is 18.2 Å². The summed E-state index contributed by atoms with van der Waals surface area (Å²) >= 11 is 0. The van der Waals surface area contributed by atoms with Gasteiger partial charge in [-0.15, -0.1) is 0 Å². The molecule has 5 nitrogen and oxygen atoms in total. The number of para-hydroxylation sites is 1. The smallest absolute Gasteiger partial charge is 0.147 e. The van der Waals surface area contributed by atoms with Crippen LogP contribution in [-0.2, 0) is 13.1 Å². The molecule has 5 heteroatoms. The highest BCUT2D eigenvalue weighted by Crippen LogP contribution is 2.20. The average molecular weight is 258 g/mol. The number of nitrogens with zero attached hydrogens (tertiary/aromatic N) is 3. The minimum Gasteiger partial charge on any atom is -0.496 e. The van der Waals surface area contributed by atoms with Crippen LogP contribution >= 0.6 is 0 Å². The van der Waals surface area contributed by atoms with Crippen LogP contribution in [0.1, 0.15) is 11.3 Å². The van der Waals surface area contributed by atoms with Gasteiger partial charge in [0, 0.05) is 25.7 Å². The van der Waals surface area contributed by atoms with Crippen LogP contribution in [0.25, 0.3) is 0 Å². The SMILES string of the molecule is COc1ccccc1CN(C)c1cnc(CN)cn1. The number of methoxy groups -OCH3 is 1. The van der Waals surface area contributed by atoms with E-state index in [-0.39, 0.29) is 0 Å². The first kappa shape index (κ1) is 13.3. The quantitative estimate of drug-likeness (QED) is 0.882. The number of nitrogens with two attached hydrogens (primary N) is 1. The van der Waals surface area contributed by atoms with E-state index in [1.54, 1.807) is 19.5 Å². The molecule has 2 aromatic rings. The molecule has 100 valence electrons. The zero-order chi connectivity index (χ0) is 13.7. The number of aromatic nitrogens is 2. The minimum atomic E-state index is 0.406. The molecule has 0 radical (unpaired) electrons. The zero-order valence-electron chi connectivity index (χ0n) is 11.2. The van der Waals surface area contributed by atoms with Crippen molar-refractivity contribution >= 4 is 5.82 Å². The van der Waals surface area contributed by atoms with Crippen molar-refractivity contribution in [2.45, 2.75) is 13.1 Å². The normalized spacial score (nSPS) is 10.3. The van der Waals surface area contributed by atoms with E-state index in [9.17, 15) is 0 Å². The first-order valence-corrected chi connectivity index (χ1v) is 6.08. The fourth-order valence-electron chi connectivity index (χ4n) is 1.82. The van der Waals surface area contributed by atoms with Crippen molar-refractivity contribution in [2.24, 2.45) is 5.73 Å². The second-order valence-electron chi connectivity index (χ2n) is 4.24. The Morgan fingerprint density at radius 3 is 2.63 bits per heavy atom. The molecule has 0 fully saturated rings. The Morgan fingerprint density at radius 2 is 2.00 bits per heavy atom. The Morgan fingerprint density at radius 1 is 1.21 bits per heavy atom. The number of hydrogen-bond donors (Lipinski definition) is 1. The molecule has 2 N–H and O–H groups in total. The third-order valence-electron chi connectivity index (χ3n) is 2.89. The highest BCUT2D eigenvalue weighted by Gasteiger charge is 2.07. The van der Waals surface area contributed by atoms with Crippen LogP contribution in [-0.4, -0.2) is 24.1 Å². The molecule has 0 saturated heterocycles. The van der Waals surface area contributed by atoms with E-state index in [4.69, 9.17) is 10.5 Å². The van der Waals surface area contributed by atoms with Crippen molar-refractivity contribution in [3.63, 3.8) is 0 Å². The number of hydrogen-bond acceptors (Lipinski definition) is 5. The van der Waals surface area contributed by atoms with Gasteiger partial charge in [-0.3, -0.25) is 4.98 Å². The summed E-state index contributed by atoms with van der Waals surface area (Å²) in [5.41, 5.74) is 7.40. The second-order valence-corrected chi connectivity index (χ2v) is 4.24. The Kier molecular flexibility index (Phi) is 4.30. The predicted molar refractivity (Wildman–Crippen MR) is 75.0 cm³/mol. The molecule has 0 spiro atoms. The summed E-state index contributed by atoms with van der Waals surface area (Å²) in [5.74, 6) is 1.68. The van der Waals surface area contributed by atoms with E-state index in [0.717, 1.165) is 22.8 Å². The van der Waals surface area contributed by atoms with Gasteiger partial charge in [-0.05, 0) is 6.07 Å². The van der Waals surface area contributed by atoms with Crippen LogP contribution in [0.5, 0.6) is 5.75 Å². The molecule has 0 bridgehead atoms. The minimum absolute atomic E-state index is 0.406. The van der Waals surface area contributed by atoms with E-state index in [0.29, 0.717) is 13.1 Å². The molecule has 0 atom stereocenters. The molecular formula is C14H18N4O. The van der Waals surface area contributed by atoms with Gasteiger partial charge in [-0.2, -0.15) is 0 Å². The second kappa shape index (κ2) is 6.15. The van der Waals surface area contributed by atoms with Crippen LogP contribution in [0.4, 0.5) is 5.82 Å². The fraction of sp³-hybridized carbons (Fsp3) is 0.286. The van der Waals surface area contributed by atoms with Crippen molar-refractivity contribution in [1.29, 1.82) is 0 Å². The standard InChI is InChI=1S/C14H18N4O/c1-18(14-9-16-12(7-15)8-17-14)10-11-5-3-4-6-13(11)19-2/h3-6,8-9H,7,10,15H2,1-2H3. The van der Waals surface area contributed by atoms with Gasteiger partial charge < -0.3 is 15.4 Å². The lowest BCUT2D eigenvalue weighted by Crippen LogP contribution is -2.18. The Balaban J connectivity index is 2.13. The summed E-state index contributed by atoms with van der Waals surface area (Å²) in [7, 11) is 3.65. The lowest BCUT2D eigenvalue weighted by atomic mass is 10.2. The number of benzene rings is 1. The van der Waals surface area contributed by atoms with E-state index >= 15 is 0 Å². The number of ether oxygens (including phenoxy) is 1. The van der Waals surface area contributed by atoms with Crippen molar-refractivity contribution in [1.82, 2.24) is 9.97 Å². The van der Waals surface area contributed by atoms with Gasteiger partial charge >= 0.3 is 0 Å². The largest absolute Gasteiger partial charge is 0.496 e. The van der Waals surface area contributed by atoms with Gasteiger partial charge in [-0.25, -0.2) is 4.98 Å². The molecule has 1 heterocycles. The molecule has 0 unspecified atom stereocenters. The fourth-order valence-corrected chi connectivity index (χ4v) is 1.82. The number of rotatable bonds is 5. The first-order chi connectivity index (χ1) is 9.24. The van der Waals surface area contributed by atoms with Crippen molar-refractivity contribution in [2.75, 3.05) is 19.1 Å². The predicted octanol–water partition coefficient (Wildman–Crippen LogP) is 1.58. The zero-order valence-corrected chi connectivity index (χ0v) is 11.2. The molecule has 0 amide bonds. The molecule has 2 rings (SSSR count). The molecule has 0 saturated carbocycles. The van der Waals surface area contributed by atoms with Crippen LogP contribution in [0.3, 0.4) is 0 Å². The summed E-state index contributed by atoms with van der Waals surface area (Å²) in [4.78, 5) is 10.6. The van der Waals surface area contributed by atoms with E-state index in [2.05, 4.69) is 9.97 Å². The highest BCUT2D eigenvalue weighted by atomic mass is 16.5. The lowest BCUT2D eigenvalue weighted by molar-refractivity contribution is 0.409. The monoisotopic (exact) mass is 258 g/mol. The van der Waals surface area contributed by atoms with Crippen molar-refractivity contribution in [3.05, 3.63) is 47.9 Å². The van der Waals surface area contributed by atoms with E-state index in [1.807, 2.05) is 36.2 Å². The van der Waals surface area contributed by atoms with Gasteiger partial charge in [0.15, 0.2) is 0 Å². The van der Waals surface area contributed by atoms with Crippen LogP contribution in [0, 0.1) is 0 Å². The Labute approximate surface area is 113 Å². The molecular weight excluding hydrogens is 240 g/mol. The van der Waals surface area contributed by atoms with Gasteiger partial charge in [0.05, 0.1) is 25.2 Å². The first-order valence-electron chi connectivity index (χ1n) is 6.08. The maximum absolute atomic E-state index is 5.50. The van der Waals surface area contributed by atoms with Crippen LogP contribution in [0.15, 0.2) is 36.7 Å². The van der Waals surface area contributed by atoms with Gasteiger partial charge in [0.25, 0.3) is 0 Å². The lowest BCUT2D eigenvalue weighted by Gasteiger charge is -2.19. The maximum Gasteiger partial charge on any atom is 0.147 e. The maximum atomic E-state index is 5.50. The van der Waals surface area contributed by atoms with Crippen molar-refractivity contribution in [3.8, 4) is 5.75 Å². The highest BCUT2D eigenvalue weighted by molar-refractivity contribution is 5.40. The third-order valence-corrected chi connectivity index (χ3v) is 2.89. The summed E-state index contributed by atoms with van der Waals surface area (Å²) in [6, 6.07) is 7.94. The summed E-state index contributed by atoms with van der Waals surface area (Å²) < 4.78 is 5.34. The molecule has 1 aromatic carbocycles. The van der Waals surface area contributed by atoms with Gasteiger partial charge in [0.2, 0.25) is 0 Å². The Bertz CT molecular complexity index is 527. The average Bonchev–Trinajstić information content (AvgIpc) is 2.48. The summed E-state index contributed by atoms with van der Waals surface area (Å²) in [6.45, 7) is 1.12. The topological polar surface area (TPSA) is 64.3 Å². The number of anilines is 1. The van der Waals surface area contributed by atoms with Crippen LogP contribution < -0.4 is 15.4 Å². The van der Waals surface area contributed by atoms with Crippen molar-refractivity contribution < 1.29 is 4.74 Å². The molecule has 19 heavy (non-hydrogen) atoms. The molecule has 1 aromatic heterocycles. The third kappa shape index (κ3) is 3.20. The molecule has 0 aliphatic heterocycles. The van der Waals surface area contributed by atoms with Crippen LogP contribution in [0.2, 0.25) is 0 Å². The van der Waals surface area contributed by atoms with E-state index in [1.165, 1.54) is 0 Å². The Hall–Kier alpha value is -2.14. The molecule has 0 aliphatic rings. The summed E-state index contributed by atoms with van der Waals surface area (Å²) in [6.07, 6.45) is 3.44. The van der Waals surface area contributed by atoms with E-state index < -0.39 is 0 Å².